The first-order valence-electron chi connectivity index (χ1n) is 5.41. The van der Waals surface area contributed by atoms with Crippen molar-refractivity contribution in [1.29, 1.82) is 0 Å². The summed E-state index contributed by atoms with van der Waals surface area (Å²) in [5.74, 6) is -0.228. The number of hydrogen-bond donors (Lipinski definition) is 2. The SMILES string of the molecule is Nc1nc(CC(=O)N/N=C/c2ccccc2Br)cs1. The van der Waals surface area contributed by atoms with E-state index in [1.165, 1.54) is 11.3 Å². The Kier molecular flexibility index (Phi) is 4.64. The molecule has 0 saturated heterocycles. The number of halogens is 1. The first-order chi connectivity index (χ1) is 9.15. The highest BCUT2D eigenvalue weighted by molar-refractivity contribution is 9.10. The second-order valence-electron chi connectivity index (χ2n) is 3.67. The zero-order chi connectivity index (χ0) is 13.7. The summed E-state index contributed by atoms with van der Waals surface area (Å²) in [5.41, 5.74) is 9.48. The van der Waals surface area contributed by atoms with Crippen LogP contribution in [0, 0.1) is 0 Å². The minimum atomic E-state index is -0.228. The number of amides is 1. The average molecular weight is 339 g/mol. The molecule has 2 rings (SSSR count). The van der Waals surface area contributed by atoms with E-state index in [4.69, 9.17) is 5.73 Å². The summed E-state index contributed by atoms with van der Waals surface area (Å²) in [6.45, 7) is 0. The van der Waals surface area contributed by atoms with Gasteiger partial charge in [0.25, 0.3) is 0 Å². The molecule has 0 aliphatic carbocycles. The third-order valence-electron chi connectivity index (χ3n) is 2.21. The minimum Gasteiger partial charge on any atom is -0.375 e. The van der Waals surface area contributed by atoms with Gasteiger partial charge in [0.1, 0.15) is 0 Å². The Balaban J connectivity index is 1.88. The molecular formula is C12H11BrN4OS. The van der Waals surface area contributed by atoms with E-state index in [0.717, 1.165) is 10.0 Å². The fourth-order valence-electron chi connectivity index (χ4n) is 1.36. The number of carbonyl (C=O) groups is 1. The summed E-state index contributed by atoms with van der Waals surface area (Å²) >= 11 is 4.70. The molecule has 2 aromatic rings. The lowest BCUT2D eigenvalue weighted by Gasteiger charge is -1.98. The van der Waals surface area contributed by atoms with Gasteiger partial charge in [-0.1, -0.05) is 34.1 Å². The molecule has 1 aromatic heterocycles. The molecule has 3 N–H and O–H groups in total. The molecule has 5 nitrogen and oxygen atoms in total. The minimum absolute atomic E-state index is 0.168. The molecule has 1 aromatic carbocycles. The summed E-state index contributed by atoms with van der Waals surface area (Å²) < 4.78 is 0.917. The first kappa shape index (κ1) is 13.7. The first-order valence-corrected chi connectivity index (χ1v) is 7.09. The van der Waals surface area contributed by atoms with Crippen LogP contribution in [0.3, 0.4) is 0 Å². The topological polar surface area (TPSA) is 80.4 Å². The molecule has 98 valence electrons. The molecule has 0 aliphatic rings. The van der Waals surface area contributed by atoms with Gasteiger partial charge in [-0.15, -0.1) is 11.3 Å². The Bertz CT molecular complexity index is 611. The summed E-state index contributed by atoms with van der Waals surface area (Å²) in [5, 5.41) is 6.11. The van der Waals surface area contributed by atoms with Crippen LogP contribution >= 0.6 is 27.3 Å². The maximum absolute atomic E-state index is 11.6. The van der Waals surface area contributed by atoms with E-state index in [0.29, 0.717) is 10.8 Å². The van der Waals surface area contributed by atoms with E-state index in [1.807, 2.05) is 24.3 Å². The predicted molar refractivity (Wildman–Crippen MR) is 80.1 cm³/mol. The van der Waals surface area contributed by atoms with E-state index >= 15 is 0 Å². The normalized spacial score (nSPS) is 10.8. The number of aromatic nitrogens is 1. The molecule has 7 heteroatoms. The van der Waals surface area contributed by atoms with E-state index in [-0.39, 0.29) is 12.3 Å². The number of carbonyl (C=O) groups excluding carboxylic acids is 1. The number of rotatable bonds is 4. The van der Waals surface area contributed by atoms with Crippen LogP contribution in [0.2, 0.25) is 0 Å². The monoisotopic (exact) mass is 338 g/mol. The average Bonchev–Trinajstić information content (AvgIpc) is 2.77. The van der Waals surface area contributed by atoms with Crippen LogP contribution in [0.25, 0.3) is 0 Å². The van der Waals surface area contributed by atoms with E-state index in [1.54, 1.807) is 11.6 Å². The summed E-state index contributed by atoms with van der Waals surface area (Å²) in [6.07, 6.45) is 1.75. The number of hydrogen-bond acceptors (Lipinski definition) is 5. The Morgan fingerprint density at radius 1 is 1.53 bits per heavy atom. The van der Waals surface area contributed by atoms with Crippen LogP contribution in [0.5, 0.6) is 0 Å². The van der Waals surface area contributed by atoms with Crippen molar-refractivity contribution in [1.82, 2.24) is 10.4 Å². The van der Waals surface area contributed by atoms with Gasteiger partial charge in [-0.05, 0) is 6.07 Å². The maximum atomic E-state index is 11.6. The van der Waals surface area contributed by atoms with Gasteiger partial charge >= 0.3 is 0 Å². The van der Waals surface area contributed by atoms with Crippen LogP contribution < -0.4 is 11.2 Å². The van der Waals surface area contributed by atoms with Crippen LogP contribution in [-0.4, -0.2) is 17.1 Å². The lowest BCUT2D eigenvalue weighted by Crippen LogP contribution is -2.20. The molecule has 0 atom stereocenters. The van der Waals surface area contributed by atoms with Crippen LogP contribution in [0.4, 0.5) is 5.13 Å². The van der Waals surface area contributed by atoms with Crippen molar-refractivity contribution in [2.45, 2.75) is 6.42 Å². The van der Waals surface area contributed by atoms with Crippen molar-refractivity contribution in [2.24, 2.45) is 5.10 Å². The predicted octanol–water partition coefficient (Wildman–Crippen LogP) is 2.18. The van der Waals surface area contributed by atoms with Crippen molar-refractivity contribution in [3.63, 3.8) is 0 Å². The van der Waals surface area contributed by atoms with Crippen LogP contribution in [-0.2, 0) is 11.2 Å². The van der Waals surface area contributed by atoms with Gasteiger partial charge in [0.15, 0.2) is 5.13 Å². The van der Waals surface area contributed by atoms with Crippen molar-refractivity contribution in [3.05, 3.63) is 45.4 Å². The van der Waals surface area contributed by atoms with E-state index in [2.05, 4.69) is 31.4 Å². The highest BCUT2D eigenvalue weighted by atomic mass is 79.9. The number of thiazole rings is 1. The summed E-state index contributed by atoms with van der Waals surface area (Å²) in [7, 11) is 0. The number of nitrogen functional groups attached to an aromatic ring is 1. The maximum Gasteiger partial charge on any atom is 0.246 e. The summed E-state index contributed by atoms with van der Waals surface area (Å²) in [4.78, 5) is 15.6. The van der Waals surface area contributed by atoms with Gasteiger partial charge in [0, 0.05) is 15.4 Å². The Morgan fingerprint density at radius 3 is 3.00 bits per heavy atom. The van der Waals surface area contributed by atoms with E-state index < -0.39 is 0 Å². The molecule has 0 spiro atoms. The molecule has 1 heterocycles. The van der Waals surface area contributed by atoms with Crippen LogP contribution in [0.15, 0.2) is 39.2 Å². The molecule has 19 heavy (non-hydrogen) atoms. The number of nitrogens with one attached hydrogen (secondary N) is 1. The molecular weight excluding hydrogens is 328 g/mol. The molecule has 0 unspecified atom stereocenters. The van der Waals surface area contributed by atoms with E-state index in [9.17, 15) is 4.79 Å². The zero-order valence-corrected chi connectivity index (χ0v) is 12.2. The molecule has 0 fully saturated rings. The summed E-state index contributed by atoms with van der Waals surface area (Å²) in [6, 6.07) is 7.60. The Hall–Kier alpha value is -1.73. The van der Waals surface area contributed by atoms with Gasteiger partial charge < -0.3 is 5.73 Å². The second-order valence-corrected chi connectivity index (χ2v) is 5.41. The van der Waals surface area contributed by atoms with Gasteiger partial charge in [0.2, 0.25) is 5.91 Å². The molecule has 0 bridgehead atoms. The number of anilines is 1. The number of nitrogens with two attached hydrogens (primary N) is 1. The largest absolute Gasteiger partial charge is 0.375 e. The standard InChI is InChI=1S/C12H11BrN4OS/c13-10-4-2-1-3-8(10)6-15-17-11(18)5-9-7-19-12(14)16-9/h1-4,6-7H,5H2,(H2,14,16)(H,17,18)/b15-6+. The fraction of sp³-hybridized carbons (Fsp3) is 0.0833. The highest BCUT2D eigenvalue weighted by Crippen LogP contribution is 2.13. The van der Waals surface area contributed by atoms with Gasteiger partial charge in [-0.25, -0.2) is 10.4 Å². The highest BCUT2D eigenvalue weighted by Gasteiger charge is 2.05. The smallest absolute Gasteiger partial charge is 0.246 e. The quantitative estimate of drug-likeness (QED) is 0.662. The van der Waals surface area contributed by atoms with Crippen molar-refractivity contribution >= 4 is 44.5 Å². The van der Waals surface area contributed by atoms with Crippen LogP contribution in [0.1, 0.15) is 11.3 Å². The van der Waals surface area contributed by atoms with Gasteiger partial charge in [-0.2, -0.15) is 5.10 Å². The number of nitrogens with zero attached hydrogens (tertiary/aromatic N) is 2. The van der Waals surface area contributed by atoms with Gasteiger partial charge in [-0.3, -0.25) is 4.79 Å². The molecule has 0 radical (unpaired) electrons. The number of hydrazone groups is 1. The van der Waals surface area contributed by atoms with Crippen molar-refractivity contribution < 1.29 is 4.79 Å². The Morgan fingerprint density at radius 2 is 2.32 bits per heavy atom. The number of benzene rings is 1. The lowest BCUT2D eigenvalue weighted by atomic mass is 10.2. The Labute approximate surface area is 122 Å². The molecule has 1 amide bonds. The molecule has 0 aliphatic heterocycles. The fourth-order valence-corrected chi connectivity index (χ4v) is 2.31. The lowest BCUT2D eigenvalue weighted by molar-refractivity contribution is -0.120. The van der Waals surface area contributed by atoms with Gasteiger partial charge in [0.05, 0.1) is 18.3 Å². The van der Waals surface area contributed by atoms with Crippen molar-refractivity contribution in [3.8, 4) is 0 Å². The zero-order valence-electron chi connectivity index (χ0n) is 9.84. The second kappa shape index (κ2) is 6.44. The van der Waals surface area contributed by atoms with Crippen molar-refractivity contribution in [2.75, 3.05) is 5.73 Å². The third-order valence-corrected chi connectivity index (χ3v) is 3.65. The molecule has 0 saturated carbocycles. The third kappa shape index (κ3) is 4.15.